The van der Waals surface area contributed by atoms with E-state index >= 15 is 0 Å². The van der Waals surface area contributed by atoms with E-state index in [-0.39, 0.29) is 0 Å². The number of fused-ring (bicyclic) bond motifs is 1. The first kappa shape index (κ1) is 15.1. The van der Waals surface area contributed by atoms with Gasteiger partial charge in [0.25, 0.3) is 0 Å². The number of benzene rings is 1. The summed E-state index contributed by atoms with van der Waals surface area (Å²) in [5, 5.41) is 7.73. The van der Waals surface area contributed by atoms with Crippen LogP contribution in [0.5, 0.6) is 5.75 Å². The van der Waals surface area contributed by atoms with Gasteiger partial charge in [0.1, 0.15) is 11.6 Å². The van der Waals surface area contributed by atoms with Gasteiger partial charge < -0.3 is 20.2 Å². The Morgan fingerprint density at radius 2 is 2.04 bits per heavy atom. The van der Waals surface area contributed by atoms with Crippen LogP contribution in [0.3, 0.4) is 0 Å². The van der Waals surface area contributed by atoms with Gasteiger partial charge in [-0.2, -0.15) is 4.52 Å². The predicted molar refractivity (Wildman–Crippen MR) is 95.4 cm³/mol. The summed E-state index contributed by atoms with van der Waals surface area (Å²) in [7, 11) is 1.65. The summed E-state index contributed by atoms with van der Waals surface area (Å²) in [6, 6.07) is 15.2. The van der Waals surface area contributed by atoms with Gasteiger partial charge in [-0.3, -0.25) is 0 Å². The molecule has 0 aliphatic carbocycles. The number of rotatable bonds is 5. The number of aromatic nitrogens is 3. The third-order valence-corrected chi connectivity index (χ3v) is 3.86. The number of methoxy groups -OCH3 is 1. The van der Waals surface area contributed by atoms with Crippen molar-refractivity contribution in [3.8, 4) is 17.3 Å². The molecule has 0 saturated heterocycles. The van der Waals surface area contributed by atoms with Gasteiger partial charge in [0.05, 0.1) is 13.4 Å². The van der Waals surface area contributed by atoms with Crippen LogP contribution in [0.1, 0.15) is 5.56 Å². The summed E-state index contributed by atoms with van der Waals surface area (Å²) >= 11 is 0. The van der Waals surface area contributed by atoms with Crippen LogP contribution in [0.15, 0.2) is 59.2 Å². The normalized spacial score (nSPS) is 10.9. The zero-order valence-electron chi connectivity index (χ0n) is 13.6. The van der Waals surface area contributed by atoms with Gasteiger partial charge in [-0.1, -0.05) is 12.1 Å². The highest BCUT2D eigenvalue weighted by atomic mass is 16.5. The van der Waals surface area contributed by atoms with E-state index in [1.807, 2.05) is 42.5 Å². The van der Waals surface area contributed by atoms with E-state index in [0.717, 1.165) is 17.0 Å². The fourth-order valence-corrected chi connectivity index (χ4v) is 2.57. The molecule has 0 unspecified atom stereocenters. The summed E-state index contributed by atoms with van der Waals surface area (Å²) in [5.74, 6) is 2.45. The molecule has 3 heterocycles. The van der Waals surface area contributed by atoms with Crippen LogP contribution < -0.4 is 15.8 Å². The fourth-order valence-electron chi connectivity index (χ4n) is 2.57. The summed E-state index contributed by atoms with van der Waals surface area (Å²) in [4.78, 5) is 4.48. The third kappa shape index (κ3) is 2.99. The van der Waals surface area contributed by atoms with Crippen molar-refractivity contribution in [2.45, 2.75) is 6.54 Å². The number of anilines is 2. The molecule has 4 rings (SSSR count). The Balaban J connectivity index is 1.57. The van der Waals surface area contributed by atoms with Crippen molar-refractivity contribution in [1.82, 2.24) is 14.6 Å². The van der Waals surface area contributed by atoms with Crippen LogP contribution in [-0.2, 0) is 6.54 Å². The van der Waals surface area contributed by atoms with Gasteiger partial charge in [-0.15, -0.1) is 5.10 Å². The predicted octanol–water partition coefficient (Wildman–Crippen LogP) is 3.19. The van der Waals surface area contributed by atoms with E-state index in [1.165, 1.54) is 0 Å². The summed E-state index contributed by atoms with van der Waals surface area (Å²) in [5.41, 5.74) is 8.77. The number of nitrogens with one attached hydrogen (secondary N) is 1. The van der Waals surface area contributed by atoms with E-state index in [2.05, 4.69) is 15.4 Å². The van der Waals surface area contributed by atoms with Crippen LogP contribution >= 0.6 is 0 Å². The molecule has 3 N–H and O–H groups in total. The average molecular weight is 335 g/mol. The topological polar surface area (TPSA) is 90.6 Å². The zero-order chi connectivity index (χ0) is 17.2. The van der Waals surface area contributed by atoms with Crippen molar-refractivity contribution in [1.29, 1.82) is 0 Å². The lowest BCUT2D eigenvalue weighted by atomic mass is 10.2. The number of hydrogen-bond acceptors (Lipinski definition) is 6. The monoisotopic (exact) mass is 335 g/mol. The number of hydrogen-bond donors (Lipinski definition) is 2. The molecule has 1 aromatic carbocycles. The standard InChI is InChI=1S/C18H17N5O2/c1-24-14-6-4-12(5-7-14)11-20-13-9-16(19)23-17(10-13)21-18(22-23)15-3-2-8-25-15/h2-10,20H,11,19H2,1H3. The molecule has 0 fully saturated rings. The molecular formula is C18H17N5O2. The lowest BCUT2D eigenvalue weighted by Crippen LogP contribution is -2.03. The molecule has 7 heteroatoms. The Bertz CT molecular complexity index is 990. The van der Waals surface area contributed by atoms with E-state index in [1.54, 1.807) is 24.0 Å². The number of pyridine rings is 1. The second-order valence-corrected chi connectivity index (χ2v) is 5.55. The molecule has 4 aromatic rings. The molecule has 0 atom stereocenters. The minimum atomic E-state index is 0.500. The summed E-state index contributed by atoms with van der Waals surface area (Å²) in [6.07, 6.45) is 1.59. The van der Waals surface area contributed by atoms with Gasteiger partial charge in [0, 0.05) is 24.4 Å². The quantitative estimate of drug-likeness (QED) is 0.582. The van der Waals surface area contributed by atoms with Crippen molar-refractivity contribution < 1.29 is 9.15 Å². The maximum atomic E-state index is 6.10. The summed E-state index contributed by atoms with van der Waals surface area (Å²) in [6.45, 7) is 0.665. The Kier molecular flexibility index (Phi) is 3.74. The number of nitrogen functional groups attached to an aromatic ring is 1. The van der Waals surface area contributed by atoms with E-state index in [4.69, 9.17) is 14.9 Å². The Morgan fingerprint density at radius 3 is 2.76 bits per heavy atom. The van der Waals surface area contributed by atoms with Crippen LogP contribution in [0.4, 0.5) is 11.5 Å². The number of ether oxygens (including phenoxy) is 1. The molecule has 25 heavy (non-hydrogen) atoms. The van der Waals surface area contributed by atoms with Crippen LogP contribution in [0.25, 0.3) is 17.2 Å². The smallest absolute Gasteiger partial charge is 0.217 e. The Morgan fingerprint density at radius 1 is 1.20 bits per heavy atom. The van der Waals surface area contributed by atoms with Crippen molar-refractivity contribution in [3.05, 3.63) is 60.4 Å². The molecule has 0 bridgehead atoms. The van der Waals surface area contributed by atoms with Gasteiger partial charge in [-0.05, 0) is 29.8 Å². The molecule has 0 saturated carbocycles. The largest absolute Gasteiger partial charge is 0.497 e. The molecule has 0 aliphatic rings. The molecule has 0 spiro atoms. The van der Waals surface area contributed by atoms with Crippen molar-refractivity contribution in [3.63, 3.8) is 0 Å². The first-order valence-corrected chi connectivity index (χ1v) is 7.80. The lowest BCUT2D eigenvalue weighted by molar-refractivity contribution is 0.414. The van der Waals surface area contributed by atoms with Crippen LogP contribution in [-0.4, -0.2) is 21.7 Å². The van der Waals surface area contributed by atoms with Gasteiger partial charge in [0.15, 0.2) is 11.4 Å². The van der Waals surface area contributed by atoms with Crippen molar-refractivity contribution in [2.24, 2.45) is 0 Å². The highest BCUT2D eigenvalue weighted by Crippen LogP contribution is 2.22. The second kappa shape index (κ2) is 6.20. The van der Waals surface area contributed by atoms with E-state index < -0.39 is 0 Å². The van der Waals surface area contributed by atoms with E-state index in [9.17, 15) is 0 Å². The third-order valence-electron chi connectivity index (χ3n) is 3.86. The molecule has 0 radical (unpaired) electrons. The SMILES string of the molecule is COc1ccc(CNc2cc(N)n3nc(-c4ccco4)nc3c2)cc1. The van der Waals surface area contributed by atoms with Gasteiger partial charge >= 0.3 is 0 Å². The zero-order valence-corrected chi connectivity index (χ0v) is 13.6. The first-order chi connectivity index (χ1) is 12.2. The Hall–Kier alpha value is -3.48. The van der Waals surface area contributed by atoms with Crippen LogP contribution in [0, 0.1) is 0 Å². The first-order valence-electron chi connectivity index (χ1n) is 7.80. The minimum Gasteiger partial charge on any atom is -0.497 e. The highest BCUT2D eigenvalue weighted by molar-refractivity contribution is 5.64. The number of nitrogens with two attached hydrogens (primary N) is 1. The number of nitrogens with zero attached hydrogens (tertiary/aromatic N) is 3. The molecular weight excluding hydrogens is 318 g/mol. The molecule has 126 valence electrons. The highest BCUT2D eigenvalue weighted by Gasteiger charge is 2.11. The van der Waals surface area contributed by atoms with E-state index in [0.29, 0.717) is 29.6 Å². The van der Waals surface area contributed by atoms with Gasteiger partial charge in [-0.25, -0.2) is 4.98 Å². The summed E-state index contributed by atoms with van der Waals surface area (Å²) < 4.78 is 12.1. The molecule has 3 aromatic heterocycles. The number of furan rings is 1. The van der Waals surface area contributed by atoms with Crippen molar-refractivity contribution >= 4 is 17.2 Å². The molecule has 0 aliphatic heterocycles. The maximum absolute atomic E-state index is 6.10. The molecule has 0 amide bonds. The molecule has 7 nitrogen and oxygen atoms in total. The van der Waals surface area contributed by atoms with Crippen molar-refractivity contribution in [2.75, 3.05) is 18.2 Å². The average Bonchev–Trinajstić information content (AvgIpc) is 3.30. The maximum Gasteiger partial charge on any atom is 0.217 e. The second-order valence-electron chi connectivity index (χ2n) is 5.55. The lowest BCUT2D eigenvalue weighted by Gasteiger charge is -2.08. The minimum absolute atomic E-state index is 0.500. The van der Waals surface area contributed by atoms with Gasteiger partial charge in [0.2, 0.25) is 5.82 Å². The fraction of sp³-hybridized carbons (Fsp3) is 0.111. The van der Waals surface area contributed by atoms with Crippen LogP contribution in [0.2, 0.25) is 0 Å². The Labute approximate surface area is 144 Å².